The van der Waals surface area contributed by atoms with Gasteiger partial charge >= 0.3 is 0 Å². The highest BCUT2D eigenvalue weighted by Crippen LogP contribution is 2.37. The van der Waals surface area contributed by atoms with Gasteiger partial charge in [0, 0.05) is 18.6 Å². The first-order valence-electron chi connectivity index (χ1n) is 7.98. The van der Waals surface area contributed by atoms with Crippen molar-refractivity contribution < 1.29 is 9.47 Å². The van der Waals surface area contributed by atoms with E-state index in [1.165, 1.54) is 5.56 Å². The van der Waals surface area contributed by atoms with Crippen molar-refractivity contribution >= 4 is 15.9 Å². The molecule has 0 radical (unpaired) electrons. The van der Waals surface area contributed by atoms with Crippen molar-refractivity contribution in [2.45, 2.75) is 45.8 Å². The molecule has 21 heavy (non-hydrogen) atoms. The molecule has 1 aromatic carbocycles. The molecule has 118 valence electrons. The van der Waals surface area contributed by atoms with Gasteiger partial charge in [0.25, 0.3) is 0 Å². The molecule has 1 heterocycles. The third kappa shape index (κ3) is 3.99. The molecule has 1 aromatic rings. The number of benzene rings is 1. The van der Waals surface area contributed by atoms with Crippen LogP contribution in [0.1, 0.15) is 45.2 Å². The molecule has 1 N–H and O–H groups in total. The quantitative estimate of drug-likeness (QED) is 0.790. The molecule has 4 heteroatoms. The first-order valence-corrected chi connectivity index (χ1v) is 8.77. The van der Waals surface area contributed by atoms with E-state index >= 15 is 0 Å². The van der Waals surface area contributed by atoms with Crippen molar-refractivity contribution in [3.05, 3.63) is 28.2 Å². The maximum Gasteiger partial charge on any atom is 0.133 e. The first kappa shape index (κ1) is 16.8. The Bertz CT molecular complexity index is 452. The highest BCUT2D eigenvalue weighted by atomic mass is 79.9. The van der Waals surface area contributed by atoms with Gasteiger partial charge in [0.2, 0.25) is 0 Å². The molecule has 3 unspecified atom stereocenters. The lowest BCUT2D eigenvalue weighted by atomic mass is 9.86. The molecule has 0 saturated carbocycles. The third-order valence-corrected chi connectivity index (χ3v) is 4.75. The molecule has 1 aliphatic rings. The minimum absolute atomic E-state index is 0.342. The molecule has 1 fully saturated rings. The van der Waals surface area contributed by atoms with Crippen LogP contribution in [0.5, 0.6) is 5.75 Å². The van der Waals surface area contributed by atoms with Crippen LogP contribution in [-0.4, -0.2) is 25.9 Å². The Balaban J connectivity index is 2.23. The van der Waals surface area contributed by atoms with E-state index < -0.39 is 0 Å². The Kier molecular flexibility index (Phi) is 6.52. The Morgan fingerprint density at radius 2 is 2.19 bits per heavy atom. The van der Waals surface area contributed by atoms with Gasteiger partial charge in [-0.3, -0.25) is 0 Å². The molecule has 0 bridgehead atoms. The predicted molar refractivity (Wildman–Crippen MR) is 89.9 cm³/mol. The van der Waals surface area contributed by atoms with Crippen LogP contribution in [-0.2, 0) is 4.74 Å². The Labute approximate surface area is 136 Å². The number of hydrogen-bond donors (Lipinski definition) is 1. The third-order valence-electron chi connectivity index (χ3n) is 4.13. The van der Waals surface area contributed by atoms with E-state index in [1.54, 1.807) is 0 Å². The standard InChI is InChI=1S/C17H26BrNO2/c1-4-15-13(9-10-21-15)17(19-5-2)12-7-8-16(20-6-3)14(18)11-12/h7-8,11,13,15,17,19H,4-6,9-10H2,1-3H3. The van der Waals surface area contributed by atoms with Gasteiger partial charge in [-0.05, 0) is 59.9 Å². The van der Waals surface area contributed by atoms with Gasteiger partial charge < -0.3 is 14.8 Å². The maximum absolute atomic E-state index is 5.88. The number of hydrogen-bond acceptors (Lipinski definition) is 3. The van der Waals surface area contributed by atoms with Crippen LogP contribution in [0.3, 0.4) is 0 Å². The first-order chi connectivity index (χ1) is 10.2. The summed E-state index contributed by atoms with van der Waals surface area (Å²) in [7, 11) is 0. The fourth-order valence-electron chi connectivity index (χ4n) is 3.19. The van der Waals surface area contributed by atoms with Crippen LogP contribution in [0.2, 0.25) is 0 Å². The van der Waals surface area contributed by atoms with Crippen LogP contribution < -0.4 is 10.1 Å². The summed E-state index contributed by atoms with van der Waals surface area (Å²) in [6, 6.07) is 6.76. The van der Waals surface area contributed by atoms with Gasteiger partial charge in [0.1, 0.15) is 5.75 Å². The van der Waals surface area contributed by atoms with Crippen LogP contribution in [0.25, 0.3) is 0 Å². The fraction of sp³-hybridized carbons (Fsp3) is 0.647. The van der Waals surface area contributed by atoms with E-state index in [1.807, 2.05) is 6.92 Å². The molecular formula is C17H26BrNO2. The summed E-state index contributed by atoms with van der Waals surface area (Å²) in [6.45, 7) is 8.89. The summed E-state index contributed by atoms with van der Waals surface area (Å²) in [5.41, 5.74) is 1.31. The number of nitrogens with one attached hydrogen (secondary N) is 1. The molecule has 0 amide bonds. The van der Waals surface area contributed by atoms with Crippen LogP contribution in [0, 0.1) is 5.92 Å². The smallest absolute Gasteiger partial charge is 0.133 e. The Morgan fingerprint density at radius 3 is 2.81 bits per heavy atom. The van der Waals surface area contributed by atoms with E-state index in [4.69, 9.17) is 9.47 Å². The Morgan fingerprint density at radius 1 is 1.38 bits per heavy atom. The highest BCUT2D eigenvalue weighted by Gasteiger charge is 2.34. The van der Waals surface area contributed by atoms with Gasteiger partial charge in [-0.15, -0.1) is 0 Å². The largest absolute Gasteiger partial charge is 0.493 e. The minimum atomic E-state index is 0.342. The summed E-state index contributed by atoms with van der Waals surface area (Å²) in [4.78, 5) is 0. The summed E-state index contributed by atoms with van der Waals surface area (Å²) in [5.74, 6) is 1.45. The van der Waals surface area contributed by atoms with Gasteiger partial charge in [-0.1, -0.05) is 19.9 Å². The summed E-state index contributed by atoms with van der Waals surface area (Å²) >= 11 is 3.62. The van der Waals surface area contributed by atoms with Crippen molar-refractivity contribution in [1.82, 2.24) is 5.32 Å². The Hall–Kier alpha value is -0.580. The van der Waals surface area contributed by atoms with Gasteiger partial charge in [-0.25, -0.2) is 0 Å². The second-order valence-electron chi connectivity index (χ2n) is 5.43. The zero-order chi connectivity index (χ0) is 15.2. The van der Waals surface area contributed by atoms with Crippen molar-refractivity contribution in [2.24, 2.45) is 5.92 Å². The molecule has 1 saturated heterocycles. The highest BCUT2D eigenvalue weighted by molar-refractivity contribution is 9.10. The van der Waals surface area contributed by atoms with E-state index in [2.05, 4.69) is 53.3 Å². The minimum Gasteiger partial charge on any atom is -0.493 e. The van der Waals surface area contributed by atoms with Crippen LogP contribution in [0.4, 0.5) is 0 Å². The van der Waals surface area contributed by atoms with E-state index in [-0.39, 0.29) is 0 Å². The molecule has 3 atom stereocenters. The van der Waals surface area contributed by atoms with Gasteiger partial charge in [0.05, 0.1) is 17.2 Å². The molecule has 0 aromatic heterocycles. The number of rotatable bonds is 7. The summed E-state index contributed by atoms with van der Waals surface area (Å²) in [6.07, 6.45) is 2.56. The van der Waals surface area contributed by atoms with Crippen molar-refractivity contribution in [3.63, 3.8) is 0 Å². The average molecular weight is 356 g/mol. The van der Waals surface area contributed by atoms with E-state index in [0.29, 0.717) is 24.7 Å². The molecule has 1 aliphatic heterocycles. The zero-order valence-electron chi connectivity index (χ0n) is 13.2. The molecule has 0 spiro atoms. The van der Waals surface area contributed by atoms with Crippen molar-refractivity contribution in [3.8, 4) is 5.75 Å². The van der Waals surface area contributed by atoms with E-state index in [0.717, 1.165) is 36.2 Å². The number of ether oxygens (including phenoxy) is 2. The summed E-state index contributed by atoms with van der Waals surface area (Å²) < 4.78 is 12.5. The summed E-state index contributed by atoms with van der Waals surface area (Å²) in [5, 5.41) is 3.64. The molecular weight excluding hydrogens is 330 g/mol. The van der Waals surface area contributed by atoms with Gasteiger partial charge in [-0.2, -0.15) is 0 Å². The molecule has 0 aliphatic carbocycles. The lowest BCUT2D eigenvalue weighted by molar-refractivity contribution is 0.0776. The van der Waals surface area contributed by atoms with Crippen LogP contribution >= 0.6 is 15.9 Å². The monoisotopic (exact) mass is 355 g/mol. The molecule has 2 rings (SSSR count). The van der Waals surface area contributed by atoms with Crippen molar-refractivity contribution in [1.29, 1.82) is 0 Å². The zero-order valence-corrected chi connectivity index (χ0v) is 14.8. The predicted octanol–water partition coefficient (Wildman–Crippen LogP) is 4.31. The topological polar surface area (TPSA) is 30.5 Å². The average Bonchev–Trinajstić information content (AvgIpc) is 2.95. The number of halogens is 1. The van der Waals surface area contributed by atoms with Crippen LogP contribution in [0.15, 0.2) is 22.7 Å². The second-order valence-corrected chi connectivity index (χ2v) is 6.28. The second kappa shape index (κ2) is 8.16. The SMILES string of the molecule is CCNC(c1ccc(OCC)c(Br)c1)C1CCOC1CC. The maximum atomic E-state index is 5.88. The lowest BCUT2D eigenvalue weighted by Crippen LogP contribution is -2.32. The molecule has 3 nitrogen and oxygen atoms in total. The normalized spacial score (nSPS) is 23.2. The van der Waals surface area contributed by atoms with Crippen molar-refractivity contribution in [2.75, 3.05) is 19.8 Å². The lowest BCUT2D eigenvalue weighted by Gasteiger charge is -2.28. The van der Waals surface area contributed by atoms with E-state index in [9.17, 15) is 0 Å². The van der Waals surface area contributed by atoms with Gasteiger partial charge in [0.15, 0.2) is 0 Å². The fourth-order valence-corrected chi connectivity index (χ4v) is 3.70.